The first kappa shape index (κ1) is 24.8. The highest BCUT2D eigenvalue weighted by molar-refractivity contribution is 5.76. The standard InChI is InChI=1S/C20H25F5N4O4/c1-26-17(31)28-9-14(7-19(22,10-28)11-30)29(13-3-4-13)18(32)27-8-12-2-5-15(6-16(12)21)33-20(23,24)25/h2,5-6,13-14,30H,3-4,7-11H2,1H3,(H,26,31)(H,27,32)/t14-,19-/m1/s1. The molecule has 2 atom stereocenters. The van der Waals surface area contributed by atoms with E-state index in [2.05, 4.69) is 15.4 Å². The molecule has 1 aliphatic heterocycles. The quantitative estimate of drug-likeness (QED) is 0.546. The minimum Gasteiger partial charge on any atom is -0.406 e. The Labute approximate surface area is 186 Å². The van der Waals surface area contributed by atoms with Gasteiger partial charge in [0.25, 0.3) is 0 Å². The number of nitrogens with zero attached hydrogens (tertiary/aromatic N) is 2. The molecular formula is C20H25F5N4O4. The first-order valence-electron chi connectivity index (χ1n) is 10.3. The van der Waals surface area contributed by atoms with Gasteiger partial charge in [-0.1, -0.05) is 6.07 Å². The maximum atomic E-state index is 15.1. The van der Waals surface area contributed by atoms with Gasteiger partial charge in [-0.05, 0) is 18.9 Å². The van der Waals surface area contributed by atoms with Crippen molar-refractivity contribution in [1.29, 1.82) is 0 Å². The molecule has 0 aromatic heterocycles. The van der Waals surface area contributed by atoms with Crippen molar-refractivity contribution in [2.45, 2.75) is 49.9 Å². The molecule has 1 heterocycles. The first-order chi connectivity index (χ1) is 15.4. The summed E-state index contributed by atoms with van der Waals surface area (Å²) in [5.74, 6) is -1.73. The van der Waals surface area contributed by atoms with Crippen LogP contribution in [0.3, 0.4) is 0 Å². The zero-order chi connectivity index (χ0) is 24.4. The monoisotopic (exact) mass is 480 g/mol. The van der Waals surface area contributed by atoms with Crippen LogP contribution in [-0.4, -0.2) is 77.8 Å². The summed E-state index contributed by atoms with van der Waals surface area (Å²) in [6.07, 6.45) is -3.81. The smallest absolute Gasteiger partial charge is 0.406 e. The number of halogens is 5. The van der Waals surface area contributed by atoms with E-state index < -0.39 is 48.3 Å². The fraction of sp³-hybridized carbons (Fsp3) is 0.600. The molecule has 1 aromatic rings. The summed E-state index contributed by atoms with van der Waals surface area (Å²) in [7, 11) is 1.38. The zero-order valence-electron chi connectivity index (χ0n) is 17.8. The van der Waals surface area contributed by atoms with Crippen molar-refractivity contribution < 1.29 is 41.4 Å². The summed E-state index contributed by atoms with van der Waals surface area (Å²) in [6.45, 7) is -1.42. The lowest BCUT2D eigenvalue weighted by Crippen LogP contribution is -2.62. The third-order valence-corrected chi connectivity index (χ3v) is 5.55. The van der Waals surface area contributed by atoms with E-state index in [0.717, 1.165) is 12.1 Å². The Morgan fingerprint density at radius 1 is 1.30 bits per heavy atom. The van der Waals surface area contributed by atoms with Gasteiger partial charge in [0.15, 0.2) is 5.67 Å². The number of hydrogen-bond donors (Lipinski definition) is 3. The Balaban J connectivity index is 1.70. The third-order valence-electron chi connectivity index (χ3n) is 5.55. The van der Waals surface area contributed by atoms with Crippen molar-refractivity contribution in [3.05, 3.63) is 29.6 Å². The van der Waals surface area contributed by atoms with Crippen molar-refractivity contribution >= 4 is 12.1 Å². The summed E-state index contributed by atoms with van der Waals surface area (Å²) < 4.78 is 69.8. The molecule has 1 saturated heterocycles. The summed E-state index contributed by atoms with van der Waals surface area (Å²) in [5, 5.41) is 14.4. The van der Waals surface area contributed by atoms with Crippen molar-refractivity contribution in [2.24, 2.45) is 0 Å². The van der Waals surface area contributed by atoms with E-state index in [4.69, 9.17) is 0 Å². The summed E-state index contributed by atoms with van der Waals surface area (Å²) in [5.41, 5.74) is -2.16. The average Bonchev–Trinajstić information content (AvgIpc) is 3.56. The van der Waals surface area contributed by atoms with Crippen LogP contribution in [0.5, 0.6) is 5.75 Å². The molecule has 1 saturated carbocycles. The topological polar surface area (TPSA) is 94.1 Å². The number of ether oxygens (including phenoxy) is 1. The van der Waals surface area contributed by atoms with Gasteiger partial charge in [0.05, 0.1) is 19.2 Å². The zero-order valence-corrected chi connectivity index (χ0v) is 17.8. The number of hydrogen-bond acceptors (Lipinski definition) is 4. The number of nitrogens with one attached hydrogen (secondary N) is 2. The number of carbonyl (C=O) groups is 2. The highest BCUT2D eigenvalue weighted by Crippen LogP contribution is 2.35. The van der Waals surface area contributed by atoms with Gasteiger partial charge in [-0.15, -0.1) is 13.2 Å². The Morgan fingerprint density at radius 2 is 2.00 bits per heavy atom. The molecule has 33 heavy (non-hydrogen) atoms. The Kier molecular flexibility index (Phi) is 7.20. The molecule has 1 aliphatic carbocycles. The minimum atomic E-state index is -4.96. The van der Waals surface area contributed by atoms with E-state index in [1.165, 1.54) is 16.8 Å². The van der Waals surface area contributed by atoms with Crippen LogP contribution in [0.4, 0.5) is 31.5 Å². The van der Waals surface area contributed by atoms with Crippen LogP contribution in [0, 0.1) is 5.82 Å². The molecule has 3 rings (SSSR count). The molecule has 184 valence electrons. The number of likely N-dealkylation sites (tertiary alicyclic amines) is 1. The molecule has 0 spiro atoms. The molecule has 2 fully saturated rings. The van der Waals surface area contributed by atoms with Crippen molar-refractivity contribution in [2.75, 3.05) is 26.7 Å². The molecule has 13 heteroatoms. The van der Waals surface area contributed by atoms with Crippen molar-refractivity contribution in [3.63, 3.8) is 0 Å². The number of aliphatic hydroxyl groups excluding tert-OH is 1. The second kappa shape index (κ2) is 9.57. The van der Waals surface area contributed by atoms with Gasteiger partial charge in [-0.3, -0.25) is 0 Å². The number of carbonyl (C=O) groups excluding carboxylic acids is 2. The van der Waals surface area contributed by atoms with Gasteiger partial charge < -0.3 is 30.3 Å². The predicted octanol–water partition coefficient (Wildman–Crippen LogP) is 2.51. The fourth-order valence-corrected chi connectivity index (χ4v) is 3.94. The van der Waals surface area contributed by atoms with E-state index in [-0.39, 0.29) is 37.7 Å². The molecule has 8 nitrogen and oxygen atoms in total. The lowest BCUT2D eigenvalue weighted by Gasteiger charge is -2.44. The van der Waals surface area contributed by atoms with Gasteiger partial charge in [0.1, 0.15) is 11.6 Å². The molecule has 3 N–H and O–H groups in total. The molecular weight excluding hydrogens is 455 g/mol. The van der Waals surface area contributed by atoms with Gasteiger partial charge >= 0.3 is 18.4 Å². The molecule has 0 unspecified atom stereocenters. The van der Waals surface area contributed by atoms with E-state index in [9.17, 15) is 32.3 Å². The van der Waals surface area contributed by atoms with Crippen LogP contribution in [0.1, 0.15) is 24.8 Å². The van der Waals surface area contributed by atoms with Crippen LogP contribution >= 0.6 is 0 Å². The Hall–Kier alpha value is -2.83. The maximum absolute atomic E-state index is 15.1. The molecule has 4 amide bonds. The Bertz CT molecular complexity index is 883. The van der Waals surface area contributed by atoms with E-state index >= 15 is 4.39 Å². The van der Waals surface area contributed by atoms with Crippen molar-refractivity contribution in [3.8, 4) is 5.75 Å². The highest BCUT2D eigenvalue weighted by atomic mass is 19.4. The number of alkyl halides is 4. The van der Waals surface area contributed by atoms with Gasteiger partial charge in [0.2, 0.25) is 0 Å². The second-order valence-electron chi connectivity index (χ2n) is 8.20. The first-order valence-corrected chi connectivity index (χ1v) is 10.3. The number of urea groups is 2. The van der Waals surface area contributed by atoms with Crippen molar-refractivity contribution in [1.82, 2.24) is 20.4 Å². The third kappa shape index (κ3) is 6.36. The van der Waals surface area contributed by atoms with Gasteiger partial charge in [-0.25, -0.2) is 18.4 Å². The van der Waals surface area contributed by atoms with E-state index in [1.807, 2.05) is 0 Å². The molecule has 0 radical (unpaired) electrons. The largest absolute Gasteiger partial charge is 0.573 e. The Morgan fingerprint density at radius 3 is 2.55 bits per heavy atom. The van der Waals surface area contributed by atoms with Crippen LogP contribution in [0.15, 0.2) is 18.2 Å². The maximum Gasteiger partial charge on any atom is 0.573 e. The fourth-order valence-electron chi connectivity index (χ4n) is 3.94. The van der Waals surface area contributed by atoms with Gasteiger partial charge in [0, 0.05) is 44.2 Å². The minimum absolute atomic E-state index is 0.0487. The van der Waals surface area contributed by atoms with Crippen LogP contribution in [-0.2, 0) is 6.54 Å². The summed E-state index contributed by atoms with van der Waals surface area (Å²) in [6, 6.07) is 0.450. The predicted molar refractivity (Wildman–Crippen MR) is 106 cm³/mol. The van der Waals surface area contributed by atoms with E-state index in [1.54, 1.807) is 0 Å². The number of benzene rings is 1. The number of aliphatic hydroxyl groups is 1. The number of rotatable bonds is 6. The van der Waals surface area contributed by atoms with Crippen LogP contribution < -0.4 is 15.4 Å². The average molecular weight is 480 g/mol. The van der Waals surface area contributed by atoms with Crippen LogP contribution in [0.25, 0.3) is 0 Å². The SMILES string of the molecule is CNC(=O)N1C[C@H](N(C(=O)NCc2ccc(OC(F)(F)F)cc2F)C2CC2)C[C@](F)(CO)C1. The van der Waals surface area contributed by atoms with E-state index in [0.29, 0.717) is 18.9 Å². The lowest BCUT2D eigenvalue weighted by atomic mass is 9.91. The number of amides is 4. The van der Waals surface area contributed by atoms with Gasteiger partial charge in [-0.2, -0.15) is 0 Å². The normalized spacial score (nSPS) is 23.1. The number of piperidine rings is 1. The second-order valence-corrected chi connectivity index (χ2v) is 8.20. The molecule has 1 aromatic carbocycles. The molecule has 2 aliphatic rings. The molecule has 0 bridgehead atoms. The summed E-state index contributed by atoms with van der Waals surface area (Å²) >= 11 is 0. The highest BCUT2D eigenvalue weighted by Gasteiger charge is 2.47. The lowest BCUT2D eigenvalue weighted by molar-refractivity contribution is -0.274. The summed E-state index contributed by atoms with van der Waals surface area (Å²) in [4.78, 5) is 27.6. The van der Waals surface area contributed by atoms with Crippen LogP contribution in [0.2, 0.25) is 0 Å².